The molecule has 1 saturated carbocycles. The van der Waals surface area contributed by atoms with Gasteiger partial charge in [-0.2, -0.15) is 5.10 Å². The first kappa shape index (κ1) is 9.58. The minimum atomic E-state index is 0.0804. The Morgan fingerprint density at radius 1 is 1.25 bits per heavy atom. The molecule has 2 aliphatic rings. The summed E-state index contributed by atoms with van der Waals surface area (Å²) in [5.41, 5.74) is 6.22. The van der Waals surface area contributed by atoms with E-state index in [1.807, 2.05) is 12.1 Å². The van der Waals surface area contributed by atoms with E-state index >= 15 is 0 Å². The fraction of sp³-hybridized carbons (Fsp3) is 0.385. The Morgan fingerprint density at radius 3 is 2.88 bits per heavy atom. The summed E-state index contributed by atoms with van der Waals surface area (Å²) in [4.78, 5) is 11.5. The van der Waals surface area contributed by atoms with E-state index in [-0.39, 0.29) is 11.8 Å². The molecule has 2 aliphatic carbocycles. The van der Waals surface area contributed by atoms with E-state index in [4.69, 9.17) is 0 Å². The van der Waals surface area contributed by atoms with Gasteiger partial charge in [0.2, 0.25) is 5.91 Å². The lowest BCUT2D eigenvalue weighted by molar-refractivity contribution is -0.122. The average Bonchev–Trinajstić information content (AvgIpc) is 3.08. The van der Waals surface area contributed by atoms with Gasteiger partial charge in [0, 0.05) is 11.5 Å². The number of nitrogens with one attached hydrogen (secondary N) is 1. The van der Waals surface area contributed by atoms with Gasteiger partial charge in [0.1, 0.15) is 0 Å². The molecule has 0 bridgehead atoms. The summed E-state index contributed by atoms with van der Waals surface area (Å²) < 4.78 is 0. The standard InChI is InChI=1S/C13H14N2O/c16-13(10-5-6-10)15-14-12-8-7-9-3-1-2-4-11(9)12/h1-4,10H,5-8H2,(H,15,16). The highest BCUT2D eigenvalue weighted by Gasteiger charge is 2.29. The zero-order chi connectivity index (χ0) is 11.0. The fourth-order valence-electron chi connectivity index (χ4n) is 2.08. The molecule has 1 fully saturated rings. The predicted octanol–water partition coefficient (Wildman–Crippen LogP) is 1.86. The monoisotopic (exact) mass is 214 g/mol. The molecule has 0 radical (unpaired) electrons. The number of benzene rings is 1. The SMILES string of the molecule is O=C(NN=C1CCc2ccccc21)C1CC1. The van der Waals surface area contributed by atoms with Crippen LogP contribution < -0.4 is 5.43 Å². The highest BCUT2D eigenvalue weighted by atomic mass is 16.2. The number of nitrogens with zero attached hydrogens (tertiary/aromatic N) is 1. The van der Waals surface area contributed by atoms with E-state index in [9.17, 15) is 4.79 Å². The maximum absolute atomic E-state index is 11.5. The fourth-order valence-corrected chi connectivity index (χ4v) is 2.08. The molecule has 0 spiro atoms. The van der Waals surface area contributed by atoms with Crippen LogP contribution >= 0.6 is 0 Å². The molecule has 0 aliphatic heterocycles. The van der Waals surface area contributed by atoms with Gasteiger partial charge in [-0.15, -0.1) is 0 Å². The van der Waals surface area contributed by atoms with Crippen molar-refractivity contribution >= 4 is 11.6 Å². The topological polar surface area (TPSA) is 41.5 Å². The van der Waals surface area contributed by atoms with Crippen LogP contribution in [0.25, 0.3) is 0 Å². The average molecular weight is 214 g/mol. The number of amides is 1. The second-order valence-electron chi connectivity index (χ2n) is 4.47. The second kappa shape index (κ2) is 3.74. The van der Waals surface area contributed by atoms with Crippen LogP contribution in [0.1, 0.15) is 30.4 Å². The number of hydrogen-bond donors (Lipinski definition) is 1. The molecule has 0 unspecified atom stereocenters. The van der Waals surface area contributed by atoms with E-state index in [2.05, 4.69) is 22.7 Å². The Balaban J connectivity index is 1.76. The van der Waals surface area contributed by atoms with Crippen molar-refractivity contribution in [3.63, 3.8) is 0 Å². The van der Waals surface area contributed by atoms with Gasteiger partial charge in [-0.3, -0.25) is 4.79 Å². The smallest absolute Gasteiger partial charge is 0.243 e. The van der Waals surface area contributed by atoms with Gasteiger partial charge in [0.25, 0.3) is 0 Å². The summed E-state index contributed by atoms with van der Waals surface area (Å²) in [6.07, 6.45) is 4.01. The molecular weight excluding hydrogens is 200 g/mol. The van der Waals surface area contributed by atoms with Crippen molar-refractivity contribution < 1.29 is 4.79 Å². The number of carbonyl (C=O) groups excluding carboxylic acids is 1. The number of aryl methyl sites for hydroxylation is 1. The predicted molar refractivity (Wildman–Crippen MR) is 62.2 cm³/mol. The Morgan fingerprint density at radius 2 is 2.06 bits per heavy atom. The van der Waals surface area contributed by atoms with Crippen molar-refractivity contribution in [2.45, 2.75) is 25.7 Å². The number of fused-ring (bicyclic) bond motifs is 1. The molecule has 16 heavy (non-hydrogen) atoms. The largest absolute Gasteiger partial charge is 0.273 e. The Bertz CT molecular complexity index is 461. The zero-order valence-electron chi connectivity index (χ0n) is 9.07. The summed E-state index contributed by atoms with van der Waals surface area (Å²) in [6, 6.07) is 8.26. The van der Waals surface area contributed by atoms with Gasteiger partial charge >= 0.3 is 0 Å². The van der Waals surface area contributed by atoms with Crippen LogP contribution in [0.4, 0.5) is 0 Å². The van der Waals surface area contributed by atoms with Crippen molar-refractivity contribution in [2.75, 3.05) is 0 Å². The number of rotatable bonds is 2. The van der Waals surface area contributed by atoms with Crippen molar-refractivity contribution in [1.82, 2.24) is 5.43 Å². The van der Waals surface area contributed by atoms with Crippen LogP contribution in [-0.2, 0) is 11.2 Å². The molecular formula is C13H14N2O. The molecule has 0 aromatic heterocycles. The molecule has 1 amide bonds. The van der Waals surface area contributed by atoms with Crippen molar-refractivity contribution in [2.24, 2.45) is 11.0 Å². The highest BCUT2D eigenvalue weighted by molar-refractivity contribution is 6.04. The molecule has 3 rings (SSSR count). The maximum Gasteiger partial charge on any atom is 0.243 e. The lowest BCUT2D eigenvalue weighted by Gasteiger charge is -2.01. The molecule has 0 atom stereocenters. The molecule has 1 aromatic carbocycles. The first-order chi connectivity index (χ1) is 7.84. The van der Waals surface area contributed by atoms with E-state index in [0.29, 0.717) is 0 Å². The summed E-state index contributed by atoms with van der Waals surface area (Å²) in [6.45, 7) is 0. The van der Waals surface area contributed by atoms with Gasteiger partial charge in [-0.1, -0.05) is 24.3 Å². The third-order valence-corrected chi connectivity index (χ3v) is 3.21. The van der Waals surface area contributed by atoms with Crippen molar-refractivity contribution in [1.29, 1.82) is 0 Å². The summed E-state index contributed by atoms with van der Waals surface area (Å²) >= 11 is 0. The lowest BCUT2D eigenvalue weighted by atomic mass is 10.1. The van der Waals surface area contributed by atoms with Crippen molar-refractivity contribution in [3.8, 4) is 0 Å². The first-order valence-electron chi connectivity index (χ1n) is 5.79. The first-order valence-corrected chi connectivity index (χ1v) is 5.79. The number of hydrazone groups is 1. The molecule has 3 nitrogen and oxygen atoms in total. The van der Waals surface area contributed by atoms with E-state index in [1.54, 1.807) is 0 Å². The Labute approximate surface area is 94.6 Å². The molecule has 1 N–H and O–H groups in total. The summed E-state index contributed by atoms with van der Waals surface area (Å²) in [5, 5.41) is 4.24. The minimum Gasteiger partial charge on any atom is -0.273 e. The van der Waals surface area contributed by atoms with Crippen LogP contribution in [-0.4, -0.2) is 11.6 Å². The van der Waals surface area contributed by atoms with Gasteiger partial charge in [-0.25, -0.2) is 5.43 Å². The Hall–Kier alpha value is -1.64. The normalized spacial score (nSPS) is 20.9. The quantitative estimate of drug-likeness (QED) is 0.750. The molecule has 0 saturated heterocycles. The van der Waals surface area contributed by atoms with E-state index in [1.165, 1.54) is 11.1 Å². The van der Waals surface area contributed by atoms with Gasteiger partial charge in [0.05, 0.1) is 5.71 Å². The molecule has 82 valence electrons. The number of hydrogen-bond acceptors (Lipinski definition) is 2. The minimum absolute atomic E-state index is 0.0804. The maximum atomic E-state index is 11.5. The lowest BCUT2D eigenvalue weighted by Crippen LogP contribution is -2.20. The Kier molecular flexibility index (Phi) is 2.24. The highest BCUT2D eigenvalue weighted by Crippen LogP contribution is 2.29. The van der Waals surface area contributed by atoms with Crippen LogP contribution in [0.3, 0.4) is 0 Å². The third kappa shape index (κ3) is 1.73. The van der Waals surface area contributed by atoms with E-state index < -0.39 is 0 Å². The summed E-state index contributed by atoms with van der Waals surface area (Å²) in [5.74, 6) is 0.304. The number of carbonyl (C=O) groups is 1. The summed E-state index contributed by atoms with van der Waals surface area (Å²) in [7, 11) is 0. The molecule has 0 heterocycles. The van der Waals surface area contributed by atoms with Crippen molar-refractivity contribution in [3.05, 3.63) is 35.4 Å². The third-order valence-electron chi connectivity index (χ3n) is 3.21. The van der Waals surface area contributed by atoms with Gasteiger partial charge in [0.15, 0.2) is 0 Å². The van der Waals surface area contributed by atoms with Crippen LogP contribution in [0.2, 0.25) is 0 Å². The molecule has 1 aromatic rings. The molecule has 3 heteroatoms. The van der Waals surface area contributed by atoms with Gasteiger partial charge < -0.3 is 0 Å². The van der Waals surface area contributed by atoms with Crippen LogP contribution in [0.15, 0.2) is 29.4 Å². The van der Waals surface area contributed by atoms with Gasteiger partial charge in [-0.05, 0) is 31.2 Å². The second-order valence-corrected chi connectivity index (χ2v) is 4.47. The van der Waals surface area contributed by atoms with Crippen LogP contribution in [0, 0.1) is 5.92 Å². The van der Waals surface area contributed by atoms with E-state index in [0.717, 1.165) is 31.4 Å². The zero-order valence-corrected chi connectivity index (χ0v) is 9.07. The van der Waals surface area contributed by atoms with Crippen LogP contribution in [0.5, 0.6) is 0 Å².